The number of benzene rings is 1. The molecule has 0 heterocycles. The molecule has 1 rings (SSSR count). The van der Waals surface area contributed by atoms with Crippen LogP contribution in [0.1, 0.15) is 20.8 Å². The van der Waals surface area contributed by atoms with Crippen LogP contribution in [0.4, 0.5) is 0 Å². The van der Waals surface area contributed by atoms with E-state index in [0.717, 1.165) is 4.47 Å². The average Bonchev–Trinajstić information content (AvgIpc) is 2.27. The highest BCUT2D eigenvalue weighted by Crippen LogP contribution is 2.27. The van der Waals surface area contributed by atoms with Crippen molar-refractivity contribution in [1.29, 1.82) is 0 Å². The molecular weight excluding hydrogens is 318 g/mol. The molecule has 100 valence electrons. The molecule has 1 aromatic carbocycles. The van der Waals surface area contributed by atoms with E-state index in [1.807, 2.05) is 6.92 Å². The van der Waals surface area contributed by atoms with Crippen molar-refractivity contribution in [3.8, 4) is 5.75 Å². The van der Waals surface area contributed by atoms with Crippen LogP contribution in [0, 0.1) is 5.92 Å². The first kappa shape index (κ1) is 15.3. The summed E-state index contributed by atoms with van der Waals surface area (Å²) in [5.74, 6) is 0.876. The summed E-state index contributed by atoms with van der Waals surface area (Å²) in [7, 11) is 0. The number of rotatable bonds is 5. The Balaban J connectivity index is 2.47. The summed E-state index contributed by atoms with van der Waals surface area (Å²) in [6, 6.07) is 5.31. The molecule has 0 aliphatic heterocycles. The normalized spacial score (nSPS) is 12.3. The fourth-order valence-electron chi connectivity index (χ4n) is 1.20. The molecule has 5 heteroatoms. The maximum Gasteiger partial charge on any atom is 0.258 e. The summed E-state index contributed by atoms with van der Waals surface area (Å²) < 4.78 is 6.15. The number of hydrogen-bond donors (Lipinski definition) is 1. The van der Waals surface area contributed by atoms with Crippen molar-refractivity contribution in [2.45, 2.75) is 26.8 Å². The Labute approximate surface area is 121 Å². The number of halogens is 2. The zero-order valence-corrected chi connectivity index (χ0v) is 13.0. The molecule has 18 heavy (non-hydrogen) atoms. The molecule has 0 saturated heterocycles. The highest BCUT2D eigenvalue weighted by molar-refractivity contribution is 9.10. The van der Waals surface area contributed by atoms with Gasteiger partial charge in [-0.3, -0.25) is 4.79 Å². The second-order valence-corrected chi connectivity index (χ2v) is 5.75. The third kappa shape index (κ3) is 4.86. The van der Waals surface area contributed by atoms with Gasteiger partial charge in [-0.2, -0.15) is 0 Å². The second-order valence-electron chi connectivity index (χ2n) is 4.46. The van der Waals surface area contributed by atoms with Crippen molar-refractivity contribution in [2.75, 3.05) is 6.61 Å². The van der Waals surface area contributed by atoms with Gasteiger partial charge in [0.25, 0.3) is 5.91 Å². The van der Waals surface area contributed by atoms with Gasteiger partial charge in [0.15, 0.2) is 6.61 Å². The Morgan fingerprint density at radius 3 is 2.67 bits per heavy atom. The number of ether oxygens (including phenoxy) is 1. The monoisotopic (exact) mass is 333 g/mol. The van der Waals surface area contributed by atoms with Gasteiger partial charge < -0.3 is 10.1 Å². The van der Waals surface area contributed by atoms with E-state index in [1.54, 1.807) is 18.2 Å². The summed E-state index contributed by atoms with van der Waals surface area (Å²) in [4.78, 5) is 11.6. The number of amides is 1. The zero-order valence-electron chi connectivity index (χ0n) is 10.7. The molecule has 1 atom stereocenters. The Bertz CT molecular complexity index is 423. The van der Waals surface area contributed by atoms with Gasteiger partial charge in [-0.25, -0.2) is 0 Å². The summed E-state index contributed by atoms with van der Waals surface area (Å²) in [6.45, 7) is 6.08. The predicted octanol–water partition coefficient (Wildman–Crippen LogP) is 3.64. The molecular formula is C13H17BrClNO2. The third-order valence-electron chi connectivity index (χ3n) is 2.64. The van der Waals surface area contributed by atoms with Gasteiger partial charge in [0.1, 0.15) is 5.75 Å². The van der Waals surface area contributed by atoms with Gasteiger partial charge in [0, 0.05) is 11.1 Å². The van der Waals surface area contributed by atoms with Gasteiger partial charge in [-0.15, -0.1) is 0 Å². The predicted molar refractivity (Wildman–Crippen MR) is 77.1 cm³/mol. The van der Waals surface area contributed by atoms with Crippen LogP contribution in [-0.2, 0) is 4.79 Å². The maximum atomic E-state index is 11.6. The topological polar surface area (TPSA) is 38.3 Å². The maximum absolute atomic E-state index is 11.6. The molecule has 0 aliphatic rings. The lowest BCUT2D eigenvalue weighted by Crippen LogP contribution is -2.38. The van der Waals surface area contributed by atoms with Gasteiger partial charge in [0.05, 0.1) is 4.47 Å². The van der Waals surface area contributed by atoms with E-state index in [9.17, 15) is 4.79 Å². The number of nitrogens with one attached hydrogen (secondary N) is 1. The Morgan fingerprint density at radius 1 is 1.44 bits per heavy atom. The van der Waals surface area contributed by atoms with Crippen LogP contribution in [0.5, 0.6) is 5.75 Å². The van der Waals surface area contributed by atoms with Crippen LogP contribution >= 0.6 is 27.5 Å². The average molecular weight is 335 g/mol. The smallest absolute Gasteiger partial charge is 0.258 e. The van der Waals surface area contributed by atoms with Gasteiger partial charge in [-0.1, -0.05) is 25.4 Å². The number of hydrogen-bond acceptors (Lipinski definition) is 2. The number of carbonyl (C=O) groups is 1. The van der Waals surface area contributed by atoms with E-state index in [-0.39, 0.29) is 18.6 Å². The standard InChI is InChI=1S/C13H17BrClNO2/c1-8(2)9(3)16-13(17)7-18-12-5-4-10(15)6-11(12)14/h4-6,8-9H,7H2,1-3H3,(H,16,17). The summed E-state index contributed by atoms with van der Waals surface area (Å²) >= 11 is 9.15. The molecule has 1 N–H and O–H groups in total. The Morgan fingerprint density at radius 2 is 2.11 bits per heavy atom. The second kappa shape index (κ2) is 7.00. The first-order chi connectivity index (χ1) is 8.40. The lowest BCUT2D eigenvalue weighted by molar-refractivity contribution is -0.124. The van der Waals surface area contributed by atoms with Crippen LogP contribution in [0.15, 0.2) is 22.7 Å². The van der Waals surface area contributed by atoms with E-state index in [0.29, 0.717) is 16.7 Å². The highest BCUT2D eigenvalue weighted by atomic mass is 79.9. The van der Waals surface area contributed by atoms with Crippen molar-refractivity contribution in [1.82, 2.24) is 5.32 Å². The van der Waals surface area contributed by atoms with Crippen LogP contribution in [-0.4, -0.2) is 18.6 Å². The molecule has 1 unspecified atom stereocenters. The first-order valence-electron chi connectivity index (χ1n) is 5.77. The molecule has 0 saturated carbocycles. The molecule has 3 nitrogen and oxygen atoms in total. The van der Waals surface area contributed by atoms with Crippen molar-refractivity contribution < 1.29 is 9.53 Å². The van der Waals surface area contributed by atoms with E-state index in [2.05, 4.69) is 35.1 Å². The lowest BCUT2D eigenvalue weighted by Gasteiger charge is -2.17. The SMILES string of the molecule is CC(C)C(C)NC(=O)COc1ccc(Cl)cc1Br. The van der Waals surface area contributed by atoms with Crippen molar-refractivity contribution >= 4 is 33.4 Å². The molecule has 0 aromatic heterocycles. The lowest BCUT2D eigenvalue weighted by atomic mass is 10.1. The van der Waals surface area contributed by atoms with Crippen LogP contribution < -0.4 is 10.1 Å². The largest absolute Gasteiger partial charge is 0.483 e. The van der Waals surface area contributed by atoms with Crippen LogP contribution in [0.2, 0.25) is 5.02 Å². The summed E-state index contributed by atoms with van der Waals surface area (Å²) in [5.41, 5.74) is 0. The van der Waals surface area contributed by atoms with Crippen LogP contribution in [0.3, 0.4) is 0 Å². The van der Waals surface area contributed by atoms with Gasteiger partial charge in [-0.05, 0) is 47.0 Å². The number of carbonyl (C=O) groups excluding carboxylic acids is 1. The minimum absolute atomic E-state index is 0.00269. The zero-order chi connectivity index (χ0) is 13.7. The van der Waals surface area contributed by atoms with Gasteiger partial charge >= 0.3 is 0 Å². The summed E-state index contributed by atoms with van der Waals surface area (Å²) in [6.07, 6.45) is 0. The third-order valence-corrected chi connectivity index (χ3v) is 3.50. The Hall–Kier alpha value is -0.740. The first-order valence-corrected chi connectivity index (χ1v) is 6.94. The minimum atomic E-state index is -0.127. The molecule has 1 aromatic rings. The fourth-order valence-corrected chi connectivity index (χ4v) is 1.99. The van der Waals surface area contributed by atoms with Crippen molar-refractivity contribution in [3.05, 3.63) is 27.7 Å². The van der Waals surface area contributed by atoms with Crippen molar-refractivity contribution in [2.24, 2.45) is 5.92 Å². The quantitative estimate of drug-likeness (QED) is 0.893. The molecule has 1 amide bonds. The molecule has 0 spiro atoms. The fraction of sp³-hybridized carbons (Fsp3) is 0.462. The minimum Gasteiger partial charge on any atom is -0.483 e. The van der Waals surface area contributed by atoms with E-state index in [4.69, 9.17) is 16.3 Å². The van der Waals surface area contributed by atoms with E-state index >= 15 is 0 Å². The van der Waals surface area contributed by atoms with Crippen LogP contribution in [0.25, 0.3) is 0 Å². The molecule has 0 radical (unpaired) electrons. The van der Waals surface area contributed by atoms with Crippen molar-refractivity contribution in [3.63, 3.8) is 0 Å². The molecule has 0 aliphatic carbocycles. The summed E-state index contributed by atoms with van der Waals surface area (Å²) in [5, 5.41) is 3.49. The Kier molecular flexibility index (Phi) is 5.96. The molecule has 0 bridgehead atoms. The molecule has 0 fully saturated rings. The van der Waals surface area contributed by atoms with E-state index in [1.165, 1.54) is 0 Å². The van der Waals surface area contributed by atoms with E-state index < -0.39 is 0 Å². The van der Waals surface area contributed by atoms with Gasteiger partial charge in [0.2, 0.25) is 0 Å². The highest BCUT2D eigenvalue weighted by Gasteiger charge is 2.11.